The smallest absolute Gasteiger partial charge is 0.138 e. The summed E-state index contributed by atoms with van der Waals surface area (Å²) in [5.74, 6) is 0.640. The van der Waals surface area contributed by atoms with Crippen LogP contribution >= 0.6 is 23.2 Å². The van der Waals surface area contributed by atoms with Crippen molar-refractivity contribution in [3.63, 3.8) is 0 Å². The molecule has 0 saturated carbocycles. The van der Waals surface area contributed by atoms with Crippen LogP contribution in [0.1, 0.15) is 32.0 Å². The highest BCUT2D eigenvalue weighted by atomic mass is 35.5. The van der Waals surface area contributed by atoms with E-state index in [0.717, 1.165) is 0 Å². The maximum Gasteiger partial charge on any atom is 0.138 e. The van der Waals surface area contributed by atoms with Crippen LogP contribution in [0.2, 0.25) is 10.0 Å². The molecule has 0 aliphatic carbocycles. The molecule has 0 radical (unpaired) electrons. The standard InChI is InChI=1S/C16H17Cl2NO/c1-16(2,3)11-6-7-15(13(18)9-11)20-10-14-12(17)5-4-8-19-14/h4-9H,10H2,1-3H3. The summed E-state index contributed by atoms with van der Waals surface area (Å²) in [5.41, 5.74) is 1.93. The molecule has 2 rings (SSSR count). The van der Waals surface area contributed by atoms with Gasteiger partial charge in [-0.1, -0.05) is 50.0 Å². The highest BCUT2D eigenvalue weighted by molar-refractivity contribution is 6.32. The number of hydrogen-bond acceptors (Lipinski definition) is 2. The van der Waals surface area contributed by atoms with E-state index >= 15 is 0 Å². The van der Waals surface area contributed by atoms with Crippen molar-refractivity contribution in [1.29, 1.82) is 0 Å². The van der Waals surface area contributed by atoms with Crippen molar-refractivity contribution in [3.8, 4) is 5.75 Å². The fraction of sp³-hybridized carbons (Fsp3) is 0.312. The quantitative estimate of drug-likeness (QED) is 0.771. The molecule has 0 bridgehead atoms. The Kier molecular flexibility index (Phi) is 4.56. The van der Waals surface area contributed by atoms with E-state index in [-0.39, 0.29) is 5.41 Å². The van der Waals surface area contributed by atoms with Crippen LogP contribution in [0.15, 0.2) is 36.5 Å². The molecule has 2 nitrogen and oxygen atoms in total. The molecule has 106 valence electrons. The van der Waals surface area contributed by atoms with Crippen molar-refractivity contribution in [2.75, 3.05) is 0 Å². The van der Waals surface area contributed by atoms with Crippen LogP contribution in [-0.4, -0.2) is 4.98 Å². The molecule has 0 aliphatic heterocycles. The first-order chi connectivity index (χ1) is 9.38. The Morgan fingerprint density at radius 2 is 1.85 bits per heavy atom. The molecule has 1 heterocycles. The number of halogens is 2. The average molecular weight is 310 g/mol. The third-order valence-corrected chi connectivity index (χ3v) is 3.64. The lowest BCUT2D eigenvalue weighted by molar-refractivity contribution is 0.301. The summed E-state index contributed by atoms with van der Waals surface area (Å²) in [7, 11) is 0. The molecule has 0 N–H and O–H groups in total. The lowest BCUT2D eigenvalue weighted by Crippen LogP contribution is -2.11. The molecule has 1 aromatic carbocycles. The molecule has 4 heteroatoms. The molecule has 20 heavy (non-hydrogen) atoms. The van der Waals surface area contributed by atoms with Crippen molar-refractivity contribution >= 4 is 23.2 Å². The second kappa shape index (κ2) is 6.02. The van der Waals surface area contributed by atoms with Gasteiger partial charge in [-0.15, -0.1) is 0 Å². The zero-order chi connectivity index (χ0) is 14.8. The Morgan fingerprint density at radius 1 is 1.10 bits per heavy atom. The summed E-state index contributed by atoms with van der Waals surface area (Å²) < 4.78 is 5.69. The van der Waals surface area contributed by atoms with Gasteiger partial charge in [0.1, 0.15) is 12.4 Å². The number of aromatic nitrogens is 1. The Labute approximate surface area is 129 Å². The van der Waals surface area contributed by atoms with Crippen LogP contribution < -0.4 is 4.74 Å². The van der Waals surface area contributed by atoms with Gasteiger partial charge in [-0.05, 0) is 35.2 Å². The van der Waals surface area contributed by atoms with Gasteiger partial charge in [0, 0.05) is 6.20 Å². The van der Waals surface area contributed by atoms with Gasteiger partial charge in [-0.3, -0.25) is 4.98 Å². The van der Waals surface area contributed by atoms with Crippen LogP contribution in [0.25, 0.3) is 0 Å². The molecule has 2 aromatic rings. The number of nitrogens with zero attached hydrogens (tertiary/aromatic N) is 1. The van der Waals surface area contributed by atoms with Gasteiger partial charge in [0.2, 0.25) is 0 Å². The van der Waals surface area contributed by atoms with Gasteiger partial charge in [-0.2, -0.15) is 0 Å². The summed E-state index contributed by atoms with van der Waals surface area (Å²) in [5, 5.41) is 1.19. The molecule has 0 fully saturated rings. The lowest BCUT2D eigenvalue weighted by atomic mass is 9.87. The highest BCUT2D eigenvalue weighted by Crippen LogP contribution is 2.31. The van der Waals surface area contributed by atoms with Crippen molar-refractivity contribution in [2.45, 2.75) is 32.8 Å². The first-order valence-corrected chi connectivity index (χ1v) is 7.16. The fourth-order valence-corrected chi connectivity index (χ4v) is 2.17. The fourth-order valence-electron chi connectivity index (χ4n) is 1.76. The van der Waals surface area contributed by atoms with Crippen molar-refractivity contribution < 1.29 is 4.74 Å². The maximum atomic E-state index is 6.26. The summed E-state index contributed by atoms with van der Waals surface area (Å²) >= 11 is 12.3. The minimum absolute atomic E-state index is 0.0620. The third kappa shape index (κ3) is 3.65. The van der Waals surface area contributed by atoms with E-state index in [0.29, 0.717) is 28.1 Å². The topological polar surface area (TPSA) is 22.1 Å². The first-order valence-electron chi connectivity index (χ1n) is 6.40. The Bertz CT molecular complexity index is 606. The van der Waals surface area contributed by atoms with Gasteiger partial charge >= 0.3 is 0 Å². The molecular formula is C16H17Cl2NO. The van der Waals surface area contributed by atoms with E-state index in [4.69, 9.17) is 27.9 Å². The van der Waals surface area contributed by atoms with Gasteiger partial charge in [0.25, 0.3) is 0 Å². The van der Waals surface area contributed by atoms with E-state index in [2.05, 4.69) is 25.8 Å². The van der Waals surface area contributed by atoms with E-state index in [1.54, 1.807) is 18.3 Å². The van der Waals surface area contributed by atoms with Crippen LogP contribution in [0.4, 0.5) is 0 Å². The normalized spacial score (nSPS) is 11.4. The van der Waals surface area contributed by atoms with E-state index in [1.807, 2.05) is 18.2 Å². The average Bonchev–Trinajstić information content (AvgIpc) is 2.38. The van der Waals surface area contributed by atoms with Crippen molar-refractivity contribution in [3.05, 3.63) is 57.8 Å². The molecule has 0 spiro atoms. The summed E-state index contributed by atoms with van der Waals surface area (Å²) in [4.78, 5) is 4.18. The van der Waals surface area contributed by atoms with Gasteiger partial charge in [0.05, 0.1) is 15.7 Å². The highest BCUT2D eigenvalue weighted by Gasteiger charge is 2.15. The predicted molar refractivity (Wildman–Crippen MR) is 83.7 cm³/mol. The van der Waals surface area contributed by atoms with Gasteiger partial charge < -0.3 is 4.74 Å². The predicted octanol–water partition coefficient (Wildman–Crippen LogP) is 5.26. The lowest BCUT2D eigenvalue weighted by Gasteiger charge is -2.20. The maximum absolute atomic E-state index is 6.26. The molecule has 0 saturated heterocycles. The third-order valence-electron chi connectivity index (χ3n) is 3.00. The van der Waals surface area contributed by atoms with Gasteiger partial charge in [0.15, 0.2) is 0 Å². The zero-order valence-electron chi connectivity index (χ0n) is 11.8. The van der Waals surface area contributed by atoms with Crippen LogP contribution in [-0.2, 0) is 12.0 Å². The second-order valence-electron chi connectivity index (χ2n) is 5.62. The Morgan fingerprint density at radius 3 is 2.45 bits per heavy atom. The number of rotatable bonds is 3. The molecule has 0 aliphatic rings. The number of pyridine rings is 1. The summed E-state index contributed by atoms with van der Waals surface area (Å²) in [6.07, 6.45) is 1.69. The van der Waals surface area contributed by atoms with Crippen molar-refractivity contribution in [1.82, 2.24) is 4.98 Å². The zero-order valence-corrected chi connectivity index (χ0v) is 13.3. The monoisotopic (exact) mass is 309 g/mol. The minimum atomic E-state index is 0.0620. The Hall–Kier alpha value is -1.25. The summed E-state index contributed by atoms with van der Waals surface area (Å²) in [6.45, 7) is 6.74. The molecule has 0 amide bonds. The van der Waals surface area contributed by atoms with Crippen LogP contribution in [0.5, 0.6) is 5.75 Å². The Balaban J connectivity index is 2.13. The SMILES string of the molecule is CC(C)(C)c1ccc(OCc2ncccc2Cl)c(Cl)c1. The number of hydrogen-bond donors (Lipinski definition) is 0. The summed E-state index contributed by atoms with van der Waals surface area (Å²) in [6, 6.07) is 9.44. The minimum Gasteiger partial charge on any atom is -0.486 e. The molecule has 0 atom stereocenters. The molecule has 1 aromatic heterocycles. The largest absolute Gasteiger partial charge is 0.486 e. The van der Waals surface area contributed by atoms with Crippen LogP contribution in [0.3, 0.4) is 0 Å². The second-order valence-corrected chi connectivity index (χ2v) is 6.43. The van der Waals surface area contributed by atoms with Crippen LogP contribution in [0, 0.1) is 0 Å². The van der Waals surface area contributed by atoms with E-state index < -0.39 is 0 Å². The number of benzene rings is 1. The van der Waals surface area contributed by atoms with E-state index in [9.17, 15) is 0 Å². The first kappa shape index (κ1) is 15.1. The van der Waals surface area contributed by atoms with Crippen molar-refractivity contribution in [2.24, 2.45) is 0 Å². The molecular weight excluding hydrogens is 293 g/mol. The van der Waals surface area contributed by atoms with E-state index in [1.165, 1.54) is 5.56 Å². The molecule has 0 unspecified atom stereocenters. The van der Waals surface area contributed by atoms with Gasteiger partial charge in [-0.25, -0.2) is 0 Å². The number of ether oxygens (including phenoxy) is 1.